The molecule has 38 heavy (non-hydrogen) atoms. The normalized spacial score (nSPS) is 16.1. The first-order valence-electron chi connectivity index (χ1n) is 15.4. The van der Waals surface area contributed by atoms with E-state index >= 15 is 4.39 Å². The van der Waals surface area contributed by atoms with Gasteiger partial charge in [-0.25, -0.2) is 9.37 Å². The van der Waals surface area contributed by atoms with Gasteiger partial charge in [0.1, 0.15) is 5.82 Å². The third-order valence-electron chi connectivity index (χ3n) is 8.63. The summed E-state index contributed by atoms with van der Waals surface area (Å²) in [4.78, 5) is 17.6. The number of benzene rings is 1. The molecule has 0 fully saturated rings. The first kappa shape index (κ1) is 30.4. The van der Waals surface area contributed by atoms with Gasteiger partial charge >= 0.3 is 0 Å². The summed E-state index contributed by atoms with van der Waals surface area (Å²) in [6.07, 6.45) is 16.4. The molecule has 0 radical (unpaired) electrons. The molecular weight excluding hydrogens is 476 g/mol. The summed E-state index contributed by atoms with van der Waals surface area (Å²) in [7, 11) is 0. The number of carbonyl (C=O) groups excluding carboxylic acids is 1. The standard InChI is InChI=1S/C34H49F2NO/c1-5-7-8-14-17-26-19-22-31(37-34(26)36)29-21-20-28-30(33(29)38)23-25(4)27(32(28)35)18-15-12-10-9-11-13-16-24(3)6-2/h19,22-24,29H,5-18,20-21H2,1-4H3/t24-,29?/m1/s1. The Morgan fingerprint density at radius 3 is 2.34 bits per heavy atom. The molecule has 0 aliphatic heterocycles. The van der Waals surface area contributed by atoms with E-state index in [-0.39, 0.29) is 11.6 Å². The van der Waals surface area contributed by atoms with E-state index in [1.807, 2.05) is 13.0 Å². The number of Topliss-reactive ketones (excluding diaryl/α,β-unsaturated/α-hetero) is 1. The lowest BCUT2D eigenvalue weighted by Gasteiger charge is -2.25. The Hall–Kier alpha value is -2.10. The molecule has 210 valence electrons. The molecule has 0 saturated carbocycles. The van der Waals surface area contributed by atoms with Gasteiger partial charge in [-0.05, 0) is 80.2 Å². The fraction of sp³-hybridized carbons (Fsp3) is 0.647. The quantitative estimate of drug-likeness (QED) is 0.161. The fourth-order valence-corrected chi connectivity index (χ4v) is 5.83. The first-order chi connectivity index (χ1) is 18.4. The lowest BCUT2D eigenvalue weighted by molar-refractivity contribution is 0.0942. The SMILES string of the molecule is CCCCCCc1ccc(C2CCc3c(cc(C)c(CCCCCCCC[C@H](C)CC)c3F)C2=O)nc1F. The van der Waals surface area contributed by atoms with Crippen LogP contribution in [0.1, 0.15) is 148 Å². The molecule has 4 heteroatoms. The second-order valence-corrected chi connectivity index (χ2v) is 11.6. The number of rotatable bonds is 16. The number of nitrogens with zero attached hydrogens (tertiary/aromatic N) is 1. The van der Waals surface area contributed by atoms with Gasteiger partial charge in [0.05, 0.1) is 11.6 Å². The van der Waals surface area contributed by atoms with Crippen molar-refractivity contribution in [2.24, 2.45) is 5.92 Å². The first-order valence-corrected chi connectivity index (χ1v) is 15.4. The Morgan fingerprint density at radius 2 is 1.63 bits per heavy atom. The summed E-state index contributed by atoms with van der Waals surface area (Å²) in [6.45, 7) is 8.65. The van der Waals surface area contributed by atoms with Crippen LogP contribution in [0, 0.1) is 24.6 Å². The Kier molecular flexibility index (Phi) is 12.4. The summed E-state index contributed by atoms with van der Waals surface area (Å²) in [5, 5.41) is 0. The highest BCUT2D eigenvalue weighted by molar-refractivity contribution is 6.03. The number of halogens is 2. The van der Waals surface area contributed by atoms with Crippen LogP contribution in [0.4, 0.5) is 8.78 Å². The van der Waals surface area contributed by atoms with E-state index in [2.05, 4.69) is 25.8 Å². The molecule has 1 heterocycles. The number of unbranched alkanes of at least 4 members (excludes halogenated alkanes) is 8. The van der Waals surface area contributed by atoms with Crippen molar-refractivity contribution in [1.29, 1.82) is 0 Å². The van der Waals surface area contributed by atoms with E-state index < -0.39 is 11.9 Å². The molecule has 2 aromatic rings. The molecule has 0 N–H and O–H groups in total. The number of hydrogen-bond acceptors (Lipinski definition) is 2. The number of fused-ring (bicyclic) bond motifs is 1. The molecule has 2 atom stereocenters. The van der Waals surface area contributed by atoms with Crippen molar-refractivity contribution in [3.8, 4) is 0 Å². The van der Waals surface area contributed by atoms with Gasteiger partial charge in [0, 0.05) is 11.1 Å². The van der Waals surface area contributed by atoms with Crippen LogP contribution >= 0.6 is 0 Å². The van der Waals surface area contributed by atoms with E-state index in [1.165, 1.54) is 38.5 Å². The van der Waals surface area contributed by atoms with Gasteiger partial charge in [-0.3, -0.25) is 4.79 Å². The predicted octanol–water partition coefficient (Wildman–Crippen LogP) is 10.0. The van der Waals surface area contributed by atoms with Crippen LogP contribution in [0.15, 0.2) is 18.2 Å². The molecule has 1 aromatic heterocycles. The molecule has 3 rings (SSSR count). The molecule has 1 aromatic carbocycles. The maximum Gasteiger partial charge on any atom is 0.216 e. The zero-order chi connectivity index (χ0) is 27.5. The third kappa shape index (κ3) is 8.20. The minimum atomic E-state index is -0.504. The van der Waals surface area contributed by atoms with Crippen LogP contribution in [-0.2, 0) is 19.3 Å². The van der Waals surface area contributed by atoms with Crippen LogP contribution in [-0.4, -0.2) is 10.8 Å². The molecule has 0 amide bonds. The highest BCUT2D eigenvalue weighted by Gasteiger charge is 2.33. The third-order valence-corrected chi connectivity index (χ3v) is 8.63. The largest absolute Gasteiger partial charge is 0.293 e. The summed E-state index contributed by atoms with van der Waals surface area (Å²) in [5.41, 5.74) is 3.72. The zero-order valence-electron chi connectivity index (χ0n) is 24.3. The Morgan fingerprint density at radius 1 is 0.947 bits per heavy atom. The number of ketones is 1. The lowest BCUT2D eigenvalue weighted by atomic mass is 9.78. The highest BCUT2D eigenvalue weighted by atomic mass is 19.1. The monoisotopic (exact) mass is 525 g/mol. The fourth-order valence-electron chi connectivity index (χ4n) is 5.83. The summed E-state index contributed by atoms with van der Waals surface area (Å²) >= 11 is 0. The maximum atomic E-state index is 15.6. The summed E-state index contributed by atoms with van der Waals surface area (Å²) in [6, 6.07) is 5.45. The van der Waals surface area contributed by atoms with E-state index in [9.17, 15) is 9.18 Å². The van der Waals surface area contributed by atoms with Crippen molar-refractivity contribution in [3.05, 3.63) is 63.5 Å². The van der Waals surface area contributed by atoms with Crippen molar-refractivity contribution >= 4 is 5.78 Å². The number of carbonyl (C=O) groups is 1. The molecular formula is C34H49F2NO. The number of aromatic nitrogens is 1. The van der Waals surface area contributed by atoms with Crippen molar-refractivity contribution in [2.45, 2.75) is 136 Å². The van der Waals surface area contributed by atoms with Gasteiger partial charge < -0.3 is 0 Å². The van der Waals surface area contributed by atoms with E-state index in [0.29, 0.717) is 41.6 Å². The van der Waals surface area contributed by atoms with E-state index in [4.69, 9.17) is 0 Å². The number of hydrogen-bond donors (Lipinski definition) is 0. The van der Waals surface area contributed by atoms with E-state index in [1.54, 1.807) is 12.1 Å². The Bertz CT molecular complexity index is 1050. The molecule has 1 aliphatic rings. The average Bonchev–Trinajstić information content (AvgIpc) is 2.91. The van der Waals surface area contributed by atoms with Crippen LogP contribution in [0.5, 0.6) is 0 Å². The van der Waals surface area contributed by atoms with E-state index in [0.717, 1.165) is 62.0 Å². The van der Waals surface area contributed by atoms with Gasteiger partial charge in [0.25, 0.3) is 0 Å². The summed E-state index contributed by atoms with van der Waals surface area (Å²) in [5.74, 6) is -0.459. The second kappa shape index (κ2) is 15.5. The van der Waals surface area contributed by atoms with Crippen molar-refractivity contribution in [3.63, 3.8) is 0 Å². The van der Waals surface area contributed by atoms with Crippen LogP contribution in [0.3, 0.4) is 0 Å². The zero-order valence-corrected chi connectivity index (χ0v) is 24.3. The second-order valence-electron chi connectivity index (χ2n) is 11.6. The lowest BCUT2D eigenvalue weighted by Crippen LogP contribution is -2.24. The average molecular weight is 526 g/mol. The molecule has 1 aliphatic carbocycles. The molecule has 0 bridgehead atoms. The van der Waals surface area contributed by atoms with Crippen molar-refractivity contribution < 1.29 is 13.6 Å². The van der Waals surface area contributed by atoms with Gasteiger partial charge in [-0.1, -0.05) is 91.0 Å². The topological polar surface area (TPSA) is 30.0 Å². The van der Waals surface area contributed by atoms with Crippen molar-refractivity contribution in [2.75, 3.05) is 0 Å². The van der Waals surface area contributed by atoms with Gasteiger partial charge in [0.2, 0.25) is 5.95 Å². The molecule has 0 spiro atoms. The van der Waals surface area contributed by atoms with Gasteiger partial charge in [-0.15, -0.1) is 0 Å². The van der Waals surface area contributed by atoms with Crippen LogP contribution < -0.4 is 0 Å². The van der Waals surface area contributed by atoms with Crippen LogP contribution in [0.2, 0.25) is 0 Å². The Balaban J connectivity index is 1.57. The van der Waals surface area contributed by atoms with Gasteiger partial charge in [0.15, 0.2) is 5.78 Å². The predicted molar refractivity (Wildman–Crippen MR) is 154 cm³/mol. The van der Waals surface area contributed by atoms with Crippen molar-refractivity contribution in [1.82, 2.24) is 4.98 Å². The minimum absolute atomic E-state index is 0.125. The minimum Gasteiger partial charge on any atom is -0.293 e. The number of pyridine rings is 1. The molecule has 2 nitrogen and oxygen atoms in total. The number of aryl methyl sites for hydroxylation is 2. The van der Waals surface area contributed by atoms with Crippen LogP contribution in [0.25, 0.3) is 0 Å². The summed E-state index contributed by atoms with van der Waals surface area (Å²) < 4.78 is 30.3. The Labute approximate surface area is 230 Å². The smallest absolute Gasteiger partial charge is 0.216 e. The maximum absolute atomic E-state index is 15.6. The van der Waals surface area contributed by atoms with Gasteiger partial charge in [-0.2, -0.15) is 4.39 Å². The molecule has 0 saturated heterocycles. The molecule has 1 unspecified atom stereocenters. The highest BCUT2D eigenvalue weighted by Crippen LogP contribution is 2.36.